The van der Waals surface area contributed by atoms with Crippen LogP contribution in [0.4, 0.5) is 13.2 Å². The zero-order valence-electron chi connectivity index (χ0n) is 16.2. The molecule has 0 aliphatic carbocycles. The van der Waals surface area contributed by atoms with Crippen LogP contribution in [-0.4, -0.2) is 39.9 Å². The van der Waals surface area contributed by atoms with Crippen LogP contribution < -0.4 is 15.4 Å². The van der Waals surface area contributed by atoms with Gasteiger partial charge in [0.25, 0.3) is 5.82 Å². The highest BCUT2D eigenvalue weighted by Crippen LogP contribution is 2.30. The average Bonchev–Trinajstić information content (AvgIpc) is 3.42. The van der Waals surface area contributed by atoms with Crippen LogP contribution in [0.15, 0.2) is 48.5 Å². The van der Waals surface area contributed by atoms with Crippen LogP contribution in [0.1, 0.15) is 29.4 Å². The molecule has 3 aromatic rings. The summed E-state index contributed by atoms with van der Waals surface area (Å²) < 4.78 is 45.6. The SMILES string of the molecule is COc1ccc(-n2nnnc2C(F)(F)F)cc1CN[C@@H]1CCN[C@@H]1c1ccccc1. The lowest BCUT2D eigenvalue weighted by molar-refractivity contribution is -0.146. The Balaban J connectivity index is 1.56. The van der Waals surface area contributed by atoms with Crippen molar-refractivity contribution >= 4 is 0 Å². The second-order valence-corrected chi connectivity index (χ2v) is 7.03. The summed E-state index contributed by atoms with van der Waals surface area (Å²) >= 11 is 0. The molecular formula is C20H21F3N6O. The van der Waals surface area contributed by atoms with Gasteiger partial charge >= 0.3 is 6.18 Å². The third-order valence-corrected chi connectivity index (χ3v) is 5.17. The minimum absolute atomic E-state index is 0.164. The van der Waals surface area contributed by atoms with Crippen molar-refractivity contribution in [3.05, 3.63) is 65.5 Å². The number of nitrogens with one attached hydrogen (secondary N) is 2. The zero-order valence-corrected chi connectivity index (χ0v) is 16.2. The molecule has 2 aromatic carbocycles. The number of aromatic nitrogens is 4. The molecule has 4 rings (SSSR count). The van der Waals surface area contributed by atoms with Gasteiger partial charge in [0, 0.05) is 24.2 Å². The smallest absolute Gasteiger partial charge is 0.453 e. The van der Waals surface area contributed by atoms with Crippen LogP contribution in [0, 0.1) is 0 Å². The van der Waals surface area contributed by atoms with Gasteiger partial charge < -0.3 is 15.4 Å². The van der Waals surface area contributed by atoms with E-state index in [0.717, 1.165) is 18.5 Å². The third kappa shape index (κ3) is 4.14. The Morgan fingerprint density at radius 3 is 2.73 bits per heavy atom. The van der Waals surface area contributed by atoms with E-state index in [2.05, 4.69) is 38.3 Å². The fraction of sp³-hybridized carbons (Fsp3) is 0.350. The van der Waals surface area contributed by atoms with Gasteiger partial charge in [-0.1, -0.05) is 30.3 Å². The van der Waals surface area contributed by atoms with Crippen molar-refractivity contribution in [2.75, 3.05) is 13.7 Å². The highest BCUT2D eigenvalue weighted by Gasteiger charge is 2.38. The van der Waals surface area contributed by atoms with Crippen LogP contribution in [0.3, 0.4) is 0 Å². The molecule has 1 aliphatic heterocycles. The van der Waals surface area contributed by atoms with Crippen LogP contribution in [0.25, 0.3) is 5.69 Å². The number of nitrogens with zero attached hydrogens (tertiary/aromatic N) is 4. The first-order valence-corrected chi connectivity index (χ1v) is 9.52. The molecule has 0 amide bonds. The lowest BCUT2D eigenvalue weighted by Gasteiger charge is -2.22. The number of alkyl halides is 3. The van der Waals surface area contributed by atoms with E-state index in [9.17, 15) is 13.2 Å². The number of tetrazole rings is 1. The zero-order chi connectivity index (χ0) is 21.1. The third-order valence-electron chi connectivity index (χ3n) is 5.17. The maximum Gasteiger partial charge on any atom is 0.453 e. The molecule has 0 saturated carbocycles. The Morgan fingerprint density at radius 1 is 1.20 bits per heavy atom. The highest BCUT2D eigenvalue weighted by atomic mass is 19.4. The minimum atomic E-state index is -4.65. The van der Waals surface area contributed by atoms with E-state index in [4.69, 9.17) is 4.74 Å². The summed E-state index contributed by atoms with van der Waals surface area (Å²) in [5.74, 6) is -0.592. The molecule has 1 aliphatic rings. The van der Waals surface area contributed by atoms with Crippen molar-refractivity contribution in [1.82, 2.24) is 30.8 Å². The molecule has 1 saturated heterocycles. The normalized spacial score (nSPS) is 19.2. The van der Waals surface area contributed by atoms with Crippen LogP contribution in [0.2, 0.25) is 0 Å². The van der Waals surface area contributed by atoms with Gasteiger partial charge in [-0.15, -0.1) is 5.10 Å². The number of benzene rings is 2. The summed E-state index contributed by atoms with van der Waals surface area (Å²) in [5.41, 5.74) is 2.13. The second-order valence-electron chi connectivity index (χ2n) is 7.03. The molecule has 2 N–H and O–H groups in total. The Kier molecular flexibility index (Phi) is 5.69. The van der Waals surface area contributed by atoms with Gasteiger partial charge in [0.15, 0.2) is 0 Å². The topological polar surface area (TPSA) is 76.9 Å². The summed E-state index contributed by atoms with van der Waals surface area (Å²) in [6.45, 7) is 1.31. The van der Waals surface area contributed by atoms with Crippen LogP contribution in [-0.2, 0) is 12.7 Å². The van der Waals surface area contributed by atoms with E-state index >= 15 is 0 Å². The maximum atomic E-state index is 13.2. The second kappa shape index (κ2) is 8.41. The van der Waals surface area contributed by atoms with Crippen molar-refractivity contribution < 1.29 is 17.9 Å². The first kappa shape index (κ1) is 20.3. The standard InChI is InChI=1S/C20H21F3N6O/c1-30-17-8-7-15(29-19(20(21,22)23)26-27-28-29)11-14(17)12-25-16-9-10-24-18(16)13-5-3-2-4-6-13/h2-8,11,16,18,24-25H,9-10,12H2,1H3/t16-,18-/m1/s1. The quantitative estimate of drug-likeness (QED) is 0.641. The molecule has 0 spiro atoms. The Labute approximate surface area is 171 Å². The van der Waals surface area contributed by atoms with Crippen molar-refractivity contribution in [1.29, 1.82) is 0 Å². The molecular weight excluding hydrogens is 397 g/mol. The van der Waals surface area contributed by atoms with Gasteiger partial charge in [-0.2, -0.15) is 17.9 Å². The van der Waals surface area contributed by atoms with E-state index in [1.807, 2.05) is 18.2 Å². The number of hydrogen-bond donors (Lipinski definition) is 2. The summed E-state index contributed by atoms with van der Waals surface area (Å²) in [4.78, 5) is 0. The van der Waals surface area contributed by atoms with E-state index in [-0.39, 0.29) is 17.8 Å². The molecule has 30 heavy (non-hydrogen) atoms. The maximum absolute atomic E-state index is 13.2. The molecule has 7 nitrogen and oxygen atoms in total. The molecule has 158 valence electrons. The van der Waals surface area contributed by atoms with Gasteiger partial charge in [-0.05, 0) is 47.2 Å². The van der Waals surface area contributed by atoms with Crippen molar-refractivity contribution in [3.8, 4) is 11.4 Å². The van der Waals surface area contributed by atoms with Gasteiger partial charge in [0.2, 0.25) is 0 Å². The first-order valence-electron chi connectivity index (χ1n) is 9.52. The Morgan fingerprint density at radius 2 is 2.00 bits per heavy atom. The number of rotatable bonds is 6. The Hall–Kier alpha value is -2.98. The molecule has 0 unspecified atom stereocenters. The minimum Gasteiger partial charge on any atom is -0.496 e. The first-order chi connectivity index (χ1) is 14.5. The monoisotopic (exact) mass is 418 g/mol. The summed E-state index contributed by atoms with van der Waals surface area (Å²) in [5, 5.41) is 16.8. The summed E-state index contributed by atoms with van der Waals surface area (Å²) in [6, 6.07) is 15.2. The van der Waals surface area contributed by atoms with E-state index in [0.29, 0.717) is 17.0 Å². The molecule has 1 fully saturated rings. The lowest BCUT2D eigenvalue weighted by Crippen LogP contribution is -2.34. The number of ether oxygens (including phenoxy) is 1. The molecule has 0 bridgehead atoms. The van der Waals surface area contributed by atoms with Gasteiger partial charge in [-0.25, -0.2) is 0 Å². The van der Waals surface area contributed by atoms with Gasteiger partial charge in [0.1, 0.15) is 5.75 Å². The Bertz CT molecular complexity index is 992. The van der Waals surface area contributed by atoms with Gasteiger partial charge in [-0.3, -0.25) is 0 Å². The highest BCUT2D eigenvalue weighted by molar-refractivity contribution is 5.44. The fourth-order valence-electron chi connectivity index (χ4n) is 3.75. The average molecular weight is 418 g/mol. The van der Waals surface area contributed by atoms with Crippen molar-refractivity contribution in [2.45, 2.75) is 31.2 Å². The number of halogens is 3. The van der Waals surface area contributed by atoms with E-state index in [1.165, 1.54) is 18.7 Å². The van der Waals surface area contributed by atoms with E-state index < -0.39 is 12.0 Å². The molecule has 1 aromatic heterocycles. The van der Waals surface area contributed by atoms with Crippen molar-refractivity contribution in [2.24, 2.45) is 0 Å². The number of methoxy groups -OCH3 is 1. The number of hydrogen-bond acceptors (Lipinski definition) is 6. The molecule has 2 heterocycles. The lowest BCUT2D eigenvalue weighted by atomic mass is 10.0. The molecule has 2 atom stereocenters. The van der Waals surface area contributed by atoms with E-state index in [1.54, 1.807) is 12.1 Å². The largest absolute Gasteiger partial charge is 0.496 e. The summed E-state index contributed by atoms with van der Waals surface area (Å²) in [6.07, 6.45) is -3.72. The van der Waals surface area contributed by atoms with Gasteiger partial charge in [0.05, 0.1) is 12.8 Å². The molecule has 0 radical (unpaired) electrons. The predicted octanol–water partition coefficient (Wildman–Crippen LogP) is 2.88. The predicted molar refractivity (Wildman–Crippen MR) is 103 cm³/mol. The molecule has 10 heteroatoms. The van der Waals surface area contributed by atoms with Crippen LogP contribution in [0.5, 0.6) is 5.75 Å². The fourth-order valence-corrected chi connectivity index (χ4v) is 3.75. The summed E-state index contributed by atoms with van der Waals surface area (Å²) in [7, 11) is 1.53. The van der Waals surface area contributed by atoms with Crippen molar-refractivity contribution in [3.63, 3.8) is 0 Å². The van der Waals surface area contributed by atoms with Crippen LogP contribution >= 0.6 is 0 Å².